The first-order valence-corrected chi connectivity index (χ1v) is 6.69. The monoisotopic (exact) mass is 233 g/mol. The summed E-state index contributed by atoms with van der Waals surface area (Å²) in [7, 11) is 0. The maximum atomic E-state index is 5.37. The van der Waals surface area contributed by atoms with Crippen molar-refractivity contribution < 1.29 is 4.74 Å². The normalized spacial score (nSPS) is 19.1. The molecule has 0 aromatic heterocycles. The Morgan fingerprint density at radius 1 is 1.24 bits per heavy atom. The van der Waals surface area contributed by atoms with E-state index in [2.05, 4.69) is 42.6 Å². The van der Waals surface area contributed by atoms with Crippen LogP contribution in [0, 0.1) is 5.92 Å². The minimum absolute atomic E-state index is 0.556. The quantitative estimate of drug-likeness (QED) is 0.844. The van der Waals surface area contributed by atoms with E-state index in [1.54, 1.807) is 0 Å². The Bertz CT molecular complexity index is 306. The first-order chi connectivity index (χ1) is 8.34. The molecule has 1 unspecified atom stereocenters. The lowest BCUT2D eigenvalue weighted by Gasteiger charge is -2.24. The number of hydrogen-bond acceptors (Lipinski definition) is 2. The number of benzene rings is 1. The third-order valence-corrected chi connectivity index (χ3v) is 3.48. The van der Waals surface area contributed by atoms with Crippen molar-refractivity contribution in [1.29, 1.82) is 0 Å². The molecule has 1 fully saturated rings. The first-order valence-electron chi connectivity index (χ1n) is 6.69. The standard InChI is InChI=1S/C15H23NO/c1-13(11-14-5-3-2-4-6-14)16-12-15-7-9-17-10-8-15/h2-6,13,15-16H,7-12H2,1H3. The van der Waals surface area contributed by atoms with Crippen molar-refractivity contribution in [2.24, 2.45) is 5.92 Å². The van der Waals surface area contributed by atoms with E-state index in [0.29, 0.717) is 6.04 Å². The summed E-state index contributed by atoms with van der Waals surface area (Å²) in [6, 6.07) is 11.3. The van der Waals surface area contributed by atoms with Crippen molar-refractivity contribution in [3.63, 3.8) is 0 Å². The van der Waals surface area contributed by atoms with Crippen LogP contribution in [0.2, 0.25) is 0 Å². The number of rotatable bonds is 5. The van der Waals surface area contributed by atoms with Crippen LogP contribution in [0.4, 0.5) is 0 Å². The van der Waals surface area contributed by atoms with Gasteiger partial charge in [-0.3, -0.25) is 0 Å². The van der Waals surface area contributed by atoms with Gasteiger partial charge in [0.05, 0.1) is 0 Å². The molecule has 1 saturated heterocycles. The van der Waals surface area contributed by atoms with E-state index in [9.17, 15) is 0 Å². The minimum atomic E-state index is 0.556. The second kappa shape index (κ2) is 6.77. The zero-order valence-electron chi connectivity index (χ0n) is 10.7. The molecule has 17 heavy (non-hydrogen) atoms. The SMILES string of the molecule is CC(Cc1ccccc1)NCC1CCOCC1. The van der Waals surface area contributed by atoms with E-state index in [-0.39, 0.29) is 0 Å². The third kappa shape index (κ3) is 4.49. The Kier molecular flexibility index (Phi) is 5.02. The molecule has 0 radical (unpaired) electrons. The molecule has 1 aromatic carbocycles. The average Bonchev–Trinajstić information content (AvgIpc) is 2.39. The fraction of sp³-hybridized carbons (Fsp3) is 0.600. The minimum Gasteiger partial charge on any atom is -0.381 e. The van der Waals surface area contributed by atoms with Crippen molar-refractivity contribution in [2.75, 3.05) is 19.8 Å². The van der Waals surface area contributed by atoms with Gasteiger partial charge in [0.2, 0.25) is 0 Å². The number of ether oxygens (including phenoxy) is 1. The van der Waals surface area contributed by atoms with Crippen LogP contribution in [0.25, 0.3) is 0 Å². The lowest BCUT2D eigenvalue weighted by Crippen LogP contribution is -2.34. The predicted octanol–water partition coefficient (Wildman–Crippen LogP) is 2.63. The van der Waals surface area contributed by atoms with Gasteiger partial charge in [0, 0.05) is 19.3 Å². The Morgan fingerprint density at radius 2 is 1.94 bits per heavy atom. The van der Waals surface area contributed by atoms with Gasteiger partial charge in [0.25, 0.3) is 0 Å². The maximum Gasteiger partial charge on any atom is 0.0469 e. The van der Waals surface area contributed by atoms with Crippen LogP contribution < -0.4 is 5.32 Å². The highest BCUT2D eigenvalue weighted by Crippen LogP contribution is 2.13. The molecule has 94 valence electrons. The van der Waals surface area contributed by atoms with Crippen molar-refractivity contribution in [3.8, 4) is 0 Å². The molecule has 0 bridgehead atoms. The zero-order valence-corrected chi connectivity index (χ0v) is 10.7. The van der Waals surface area contributed by atoms with Crippen molar-refractivity contribution in [2.45, 2.75) is 32.2 Å². The molecule has 2 rings (SSSR count). The van der Waals surface area contributed by atoms with E-state index in [1.165, 1.54) is 18.4 Å². The fourth-order valence-electron chi connectivity index (χ4n) is 2.36. The highest BCUT2D eigenvalue weighted by Gasteiger charge is 2.14. The largest absolute Gasteiger partial charge is 0.381 e. The molecular formula is C15H23NO. The Hall–Kier alpha value is -0.860. The molecule has 0 aliphatic carbocycles. The second-order valence-corrected chi connectivity index (χ2v) is 5.05. The van der Waals surface area contributed by atoms with E-state index in [4.69, 9.17) is 4.74 Å². The van der Waals surface area contributed by atoms with Crippen LogP contribution in [-0.2, 0) is 11.2 Å². The van der Waals surface area contributed by atoms with Crippen LogP contribution in [-0.4, -0.2) is 25.8 Å². The van der Waals surface area contributed by atoms with E-state index in [0.717, 1.165) is 32.1 Å². The molecule has 0 spiro atoms. The van der Waals surface area contributed by atoms with Gasteiger partial charge in [0.1, 0.15) is 0 Å². The molecule has 1 heterocycles. The summed E-state index contributed by atoms with van der Waals surface area (Å²) in [4.78, 5) is 0. The van der Waals surface area contributed by atoms with Crippen LogP contribution in [0.5, 0.6) is 0 Å². The first kappa shape index (κ1) is 12.6. The molecular weight excluding hydrogens is 210 g/mol. The number of nitrogens with one attached hydrogen (secondary N) is 1. The van der Waals surface area contributed by atoms with E-state index < -0.39 is 0 Å². The molecule has 2 nitrogen and oxygen atoms in total. The van der Waals surface area contributed by atoms with Gasteiger partial charge in [0.15, 0.2) is 0 Å². The summed E-state index contributed by atoms with van der Waals surface area (Å²) in [5, 5.41) is 3.65. The van der Waals surface area contributed by atoms with Crippen LogP contribution in [0.15, 0.2) is 30.3 Å². The third-order valence-electron chi connectivity index (χ3n) is 3.48. The fourth-order valence-corrected chi connectivity index (χ4v) is 2.36. The topological polar surface area (TPSA) is 21.3 Å². The highest BCUT2D eigenvalue weighted by molar-refractivity contribution is 5.15. The lowest BCUT2D eigenvalue weighted by molar-refractivity contribution is 0.0656. The number of hydrogen-bond donors (Lipinski definition) is 1. The Morgan fingerprint density at radius 3 is 2.65 bits per heavy atom. The smallest absolute Gasteiger partial charge is 0.0469 e. The van der Waals surface area contributed by atoms with Gasteiger partial charge < -0.3 is 10.1 Å². The summed E-state index contributed by atoms with van der Waals surface area (Å²) >= 11 is 0. The summed E-state index contributed by atoms with van der Waals surface area (Å²) in [6.07, 6.45) is 3.54. The van der Waals surface area contributed by atoms with Crippen molar-refractivity contribution in [1.82, 2.24) is 5.32 Å². The highest BCUT2D eigenvalue weighted by atomic mass is 16.5. The zero-order chi connectivity index (χ0) is 11.9. The predicted molar refractivity (Wildman–Crippen MR) is 71.2 cm³/mol. The van der Waals surface area contributed by atoms with Gasteiger partial charge in [-0.1, -0.05) is 30.3 Å². The van der Waals surface area contributed by atoms with Gasteiger partial charge in [-0.15, -0.1) is 0 Å². The summed E-state index contributed by atoms with van der Waals surface area (Å²) < 4.78 is 5.37. The van der Waals surface area contributed by atoms with Gasteiger partial charge >= 0.3 is 0 Å². The Labute approximate surface area is 104 Å². The molecule has 1 aliphatic rings. The molecule has 1 N–H and O–H groups in total. The van der Waals surface area contributed by atoms with Crippen molar-refractivity contribution in [3.05, 3.63) is 35.9 Å². The Balaban J connectivity index is 1.68. The molecule has 1 aromatic rings. The molecule has 0 saturated carbocycles. The maximum absolute atomic E-state index is 5.37. The average molecular weight is 233 g/mol. The van der Waals surface area contributed by atoms with Gasteiger partial charge in [-0.05, 0) is 44.2 Å². The van der Waals surface area contributed by atoms with Crippen LogP contribution >= 0.6 is 0 Å². The van der Waals surface area contributed by atoms with Crippen molar-refractivity contribution >= 4 is 0 Å². The van der Waals surface area contributed by atoms with Gasteiger partial charge in [-0.2, -0.15) is 0 Å². The van der Waals surface area contributed by atoms with Crippen LogP contribution in [0.1, 0.15) is 25.3 Å². The summed E-state index contributed by atoms with van der Waals surface area (Å²) in [5.74, 6) is 0.807. The molecule has 1 aliphatic heterocycles. The van der Waals surface area contributed by atoms with Gasteiger partial charge in [-0.25, -0.2) is 0 Å². The summed E-state index contributed by atoms with van der Waals surface area (Å²) in [5.41, 5.74) is 1.42. The summed E-state index contributed by atoms with van der Waals surface area (Å²) in [6.45, 7) is 5.29. The molecule has 0 amide bonds. The van der Waals surface area contributed by atoms with E-state index >= 15 is 0 Å². The molecule has 2 heteroatoms. The second-order valence-electron chi connectivity index (χ2n) is 5.05. The van der Waals surface area contributed by atoms with E-state index in [1.807, 2.05) is 0 Å². The lowest BCUT2D eigenvalue weighted by atomic mass is 9.99. The molecule has 1 atom stereocenters. The van der Waals surface area contributed by atoms with Crippen LogP contribution in [0.3, 0.4) is 0 Å².